The van der Waals surface area contributed by atoms with E-state index in [0.29, 0.717) is 24.6 Å². The van der Waals surface area contributed by atoms with Gasteiger partial charge in [-0.05, 0) is 55.7 Å². The van der Waals surface area contributed by atoms with Gasteiger partial charge in [0.05, 0.1) is 16.8 Å². The lowest BCUT2D eigenvalue weighted by Crippen LogP contribution is -2.12. The number of halogens is 1. The number of carbonyl (C=O) groups excluding carboxylic acids is 1. The maximum atomic E-state index is 12.1. The molecule has 130 valence electrons. The number of nitrogens with zero attached hydrogens (tertiary/aromatic N) is 1. The summed E-state index contributed by atoms with van der Waals surface area (Å²) in [6, 6.07) is 11.6. The van der Waals surface area contributed by atoms with Crippen LogP contribution in [0.15, 0.2) is 36.4 Å². The lowest BCUT2D eigenvalue weighted by molar-refractivity contribution is -0.116. The van der Waals surface area contributed by atoms with E-state index in [1.54, 1.807) is 0 Å². The van der Waals surface area contributed by atoms with Gasteiger partial charge in [0.1, 0.15) is 5.75 Å². The summed E-state index contributed by atoms with van der Waals surface area (Å²) in [7, 11) is 0. The number of amides is 1. The molecule has 0 unspecified atom stereocenters. The zero-order valence-corrected chi connectivity index (χ0v) is 15.7. The Morgan fingerprint density at radius 1 is 1.24 bits per heavy atom. The van der Waals surface area contributed by atoms with Crippen molar-refractivity contribution in [3.8, 4) is 5.75 Å². The number of rotatable bonds is 6. The summed E-state index contributed by atoms with van der Waals surface area (Å²) < 4.78 is 6.73. The van der Waals surface area contributed by atoms with Gasteiger partial charge in [0.15, 0.2) is 5.13 Å². The van der Waals surface area contributed by atoms with Crippen molar-refractivity contribution in [2.24, 2.45) is 0 Å². The molecule has 0 fully saturated rings. The third-order valence-electron chi connectivity index (χ3n) is 3.81. The number of nitrogens with one attached hydrogen (secondary N) is 1. The van der Waals surface area contributed by atoms with Gasteiger partial charge in [0.25, 0.3) is 0 Å². The number of benzene rings is 2. The van der Waals surface area contributed by atoms with Crippen LogP contribution in [0.2, 0.25) is 5.02 Å². The molecule has 0 saturated heterocycles. The first-order valence-corrected chi connectivity index (χ1v) is 9.27. The second kappa shape index (κ2) is 7.85. The highest BCUT2D eigenvalue weighted by molar-refractivity contribution is 7.22. The van der Waals surface area contributed by atoms with E-state index >= 15 is 0 Å². The van der Waals surface area contributed by atoms with Crippen LogP contribution in [0.4, 0.5) is 5.13 Å². The van der Waals surface area contributed by atoms with Crippen molar-refractivity contribution in [3.05, 3.63) is 52.5 Å². The van der Waals surface area contributed by atoms with Crippen molar-refractivity contribution >= 4 is 44.2 Å². The number of hydrogen-bond donors (Lipinski definition) is 1. The topological polar surface area (TPSA) is 51.2 Å². The van der Waals surface area contributed by atoms with Gasteiger partial charge < -0.3 is 10.1 Å². The van der Waals surface area contributed by atoms with Crippen LogP contribution in [0.3, 0.4) is 0 Å². The first-order valence-electron chi connectivity index (χ1n) is 8.08. The lowest BCUT2D eigenvalue weighted by Gasteiger charge is -2.07. The van der Waals surface area contributed by atoms with E-state index in [1.807, 2.05) is 50.2 Å². The predicted molar refractivity (Wildman–Crippen MR) is 104 cm³/mol. The zero-order chi connectivity index (χ0) is 17.8. The average molecular weight is 375 g/mol. The van der Waals surface area contributed by atoms with Gasteiger partial charge in [0.2, 0.25) is 5.91 Å². The molecular formula is C19H19ClN2O2S. The standard InChI is InChI=1S/C19H19ClN2O2S/c1-12-5-3-6-16-18(12)22-19(25-16)21-17(23)7-4-10-24-14-8-9-15(20)13(2)11-14/h3,5-6,8-9,11H,4,7,10H2,1-2H3,(H,21,22,23). The molecule has 0 spiro atoms. The molecular weight excluding hydrogens is 356 g/mol. The summed E-state index contributed by atoms with van der Waals surface area (Å²) in [5.41, 5.74) is 3.04. The first-order chi connectivity index (χ1) is 12.0. The Kier molecular flexibility index (Phi) is 5.56. The van der Waals surface area contributed by atoms with E-state index in [-0.39, 0.29) is 5.91 Å². The van der Waals surface area contributed by atoms with Gasteiger partial charge in [-0.2, -0.15) is 0 Å². The minimum atomic E-state index is -0.0485. The second-order valence-corrected chi connectivity index (χ2v) is 7.29. The summed E-state index contributed by atoms with van der Waals surface area (Å²) in [5.74, 6) is 0.719. The maximum absolute atomic E-state index is 12.1. The van der Waals surface area contributed by atoms with E-state index in [0.717, 1.165) is 32.1 Å². The van der Waals surface area contributed by atoms with E-state index in [9.17, 15) is 4.79 Å². The number of hydrogen-bond acceptors (Lipinski definition) is 4. The molecule has 3 rings (SSSR count). The Morgan fingerprint density at radius 3 is 2.84 bits per heavy atom. The Balaban J connectivity index is 1.47. The van der Waals surface area contributed by atoms with Crippen LogP contribution in [0, 0.1) is 13.8 Å². The van der Waals surface area contributed by atoms with E-state index in [4.69, 9.17) is 16.3 Å². The van der Waals surface area contributed by atoms with Crippen molar-refractivity contribution in [2.75, 3.05) is 11.9 Å². The third kappa shape index (κ3) is 4.50. The van der Waals surface area contributed by atoms with Crippen LogP contribution in [0.25, 0.3) is 10.2 Å². The average Bonchev–Trinajstić information content (AvgIpc) is 2.98. The normalized spacial score (nSPS) is 10.8. The quantitative estimate of drug-likeness (QED) is 0.590. The van der Waals surface area contributed by atoms with Crippen LogP contribution >= 0.6 is 22.9 Å². The number of anilines is 1. The third-order valence-corrected chi connectivity index (χ3v) is 5.17. The molecule has 0 aliphatic rings. The number of thiazole rings is 1. The predicted octanol–water partition coefficient (Wildman–Crippen LogP) is 5.36. The fraction of sp³-hybridized carbons (Fsp3) is 0.263. The molecule has 0 saturated carbocycles. The van der Waals surface area contributed by atoms with Crippen LogP contribution in [0.1, 0.15) is 24.0 Å². The smallest absolute Gasteiger partial charge is 0.226 e. The second-order valence-electron chi connectivity index (χ2n) is 5.85. The van der Waals surface area contributed by atoms with Crippen LogP contribution < -0.4 is 10.1 Å². The molecule has 25 heavy (non-hydrogen) atoms. The highest BCUT2D eigenvalue weighted by Crippen LogP contribution is 2.28. The Hall–Kier alpha value is -2.11. The summed E-state index contributed by atoms with van der Waals surface area (Å²) in [6.45, 7) is 4.43. The Bertz CT molecular complexity index is 908. The van der Waals surface area contributed by atoms with E-state index < -0.39 is 0 Å². The van der Waals surface area contributed by atoms with Crippen molar-refractivity contribution in [1.82, 2.24) is 4.98 Å². The molecule has 0 aliphatic carbocycles. The van der Waals surface area contributed by atoms with E-state index in [1.165, 1.54) is 11.3 Å². The molecule has 1 heterocycles. The Morgan fingerprint density at radius 2 is 2.08 bits per heavy atom. The first kappa shape index (κ1) is 17.7. The molecule has 0 atom stereocenters. The fourth-order valence-corrected chi connectivity index (χ4v) is 3.53. The van der Waals surface area contributed by atoms with Gasteiger partial charge in [-0.3, -0.25) is 4.79 Å². The van der Waals surface area contributed by atoms with Gasteiger partial charge in [-0.25, -0.2) is 4.98 Å². The summed E-state index contributed by atoms with van der Waals surface area (Å²) in [5, 5.41) is 4.23. The summed E-state index contributed by atoms with van der Waals surface area (Å²) >= 11 is 7.48. The molecule has 3 aromatic rings. The van der Waals surface area contributed by atoms with E-state index in [2.05, 4.69) is 10.3 Å². The number of carbonyl (C=O) groups is 1. The van der Waals surface area contributed by atoms with Crippen molar-refractivity contribution < 1.29 is 9.53 Å². The van der Waals surface area contributed by atoms with Crippen molar-refractivity contribution in [2.45, 2.75) is 26.7 Å². The van der Waals surface area contributed by atoms with Crippen molar-refractivity contribution in [1.29, 1.82) is 0 Å². The van der Waals surface area contributed by atoms with Gasteiger partial charge >= 0.3 is 0 Å². The summed E-state index contributed by atoms with van der Waals surface area (Å²) in [4.78, 5) is 16.6. The number of para-hydroxylation sites is 1. The highest BCUT2D eigenvalue weighted by atomic mass is 35.5. The molecule has 1 amide bonds. The zero-order valence-electron chi connectivity index (χ0n) is 14.1. The minimum absolute atomic E-state index is 0.0485. The number of fused-ring (bicyclic) bond motifs is 1. The number of aromatic nitrogens is 1. The maximum Gasteiger partial charge on any atom is 0.226 e. The van der Waals surface area contributed by atoms with Gasteiger partial charge in [0, 0.05) is 11.4 Å². The highest BCUT2D eigenvalue weighted by Gasteiger charge is 2.09. The molecule has 0 radical (unpaired) electrons. The van der Waals surface area contributed by atoms with Gasteiger partial charge in [-0.1, -0.05) is 35.1 Å². The van der Waals surface area contributed by atoms with Crippen LogP contribution in [-0.4, -0.2) is 17.5 Å². The lowest BCUT2D eigenvalue weighted by atomic mass is 10.2. The molecule has 2 aromatic carbocycles. The number of aryl methyl sites for hydroxylation is 2. The number of ether oxygens (including phenoxy) is 1. The largest absolute Gasteiger partial charge is 0.494 e. The fourth-order valence-electron chi connectivity index (χ4n) is 2.45. The molecule has 0 aliphatic heterocycles. The summed E-state index contributed by atoms with van der Waals surface area (Å²) in [6.07, 6.45) is 1.03. The minimum Gasteiger partial charge on any atom is -0.494 e. The molecule has 0 bridgehead atoms. The molecule has 4 nitrogen and oxygen atoms in total. The molecule has 6 heteroatoms. The van der Waals surface area contributed by atoms with Crippen LogP contribution in [-0.2, 0) is 4.79 Å². The van der Waals surface area contributed by atoms with Crippen LogP contribution in [0.5, 0.6) is 5.75 Å². The van der Waals surface area contributed by atoms with Gasteiger partial charge in [-0.15, -0.1) is 0 Å². The Labute approximate surface area is 155 Å². The monoisotopic (exact) mass is 374 g/mol. The van der Waals surface area contributed by atoms with Crippen molar-refractivity contribution in [3.63, 3.8) is 0 Å². The molecule has 1 N–H and O–H groups in total. The molecule has 1 aromatic heterocycles. The SMILES string of the molecule is Cc1cc(OCCCC(=O)Nc2nc3c(C)cccc3s2)ccc1Cl.